The van der Waals surface area contributed by atoms with Crippen LogP contribution >= 0.6 is 0 Å². The van der Waals surface area contributed by atoms with Crippen LogP contribution < -0.4 is 10.6 Å². The fourth-order valence-electron chi connectivity index (χ4n) is 1.33. The van der Waals surface area contributed by atoms with E-state index in [0.717, 1.165) is 12.0 Å². The summed E-state index contributed by atoms with van der Waals surface area (Å²) < 4.78 is 4.41. The normalized spacial score (nSPS) is 11.4. The Bertz CT molecular complexity index is 395. The van der Waals surface area contributed by atoms with Gasteiger partial charge in [0.05, 0.1) is 7.11 Å². The van der Waals surface area contributed by atoms with E-state index < -0.39 is 12.1 Å². The van der Waals surface area contributed by atoms with E-state index in [0.29, 0.717) is 6.54 Å². The van der Waals surface area contributed by atoms with Gasteiger partial charge in [-0.2, -0.15) is 0 Å². The van der Waals surface area contributed by atoms with E-state index >= 15 is 0 Å². The number of amides is 2. The Morgan fingerprint density at radius 3 is 2.67 bits per heavy atom. The number of methoxy groups -OCH3 is 1. The monoisotopic (exact) mass is 251 g/mol. The molecule has 0 bridgehead atoms. The van der Waals surface area contributed by atoms with Crippen molar-refractivity contribution in [3.8, 4) is 0 Å². The van der Waals surface area contributed by atoms with E-state index in [9.17, 15) is 9.59 Å². The van der Waals surface area contributed by atoms with Gasteiger partial charge in [0.25, 0.3) is 0 Å². The summed E-state index contributed by atoms with van der Waals surface area (Å²) >= 11 is 0. The van der Waals surface area contributed by atoms with E-state index in [1.54, 1.807) is 19.3 Å². The number of carbonyl (C=O) groups is 2. The molecule has 0 aromatic carbocycles. The summed E-state index contributed by atoms with van der Waals surface area (Å²) in [5.41, 5.74) is 1.10. The summed E-state index contributed by atoms with van der Waals surface area (Å²) in [4.78, 5) is 26.4. The van der Waals surface area contributed by atoms with Gasteiger partial charge in [-0.25, -0.2) is 4.79 Å². The van der Waals surface area contributed by atoms with Crippen molar-refractivity contribution < 1.29 is 14.3 Å². The van der Waals surface area contributed by atoms with Gasteiger partial charge in [0.1, 0.15) is 6.04 Å². The molecule has 2 amide bonds. The molecule has 1 aromatic rings. The molecule has 1 aromatic heterocycles. The van der Waals surface area contributed by atoms with Gasteiger partial charge in [-0.05, 0) is 31.0 Å². The number of pyridine rings is 1. The van der Waals surface area contributed by atoms with Crippen molar-refractivity contribution in [1.82, 2.24) is 15.6 Å². The lowest BCUT2D eigenvalue weighted by atomic mass is 10.2. The lowest BCUT2D eigenvalue weighted by Gasteiger charge is -2.13. The molecular formula is C12H17N3O3. The summed E-state index contributed by atoms with van der Waals surface area (Å²) in [7, 11) is 1.25. The number of rotatable bonds is 5. The zero-order valence-corrected chi connectivity index (χ0v) is 10.5. The standard InChI is InChI=1S/C12H17N3O3/c1-9(15-12(17)18-2)11(16)14-8-5-10-3-6-13-7-4-10/h3-4,6-7,9H,5,8H2,1-2H3,(H,14,16)(H,15,17). The van der Waals surface area contributed by atoms with Crippen LogP contribution in [0.4, 0.5) is 4.79 Å². The first-order valence-electron chi connectivity index (χ1n) is 5.64. The molecule has 1 unspecified atom stereocenters. The topological polar surface area (TPSA) is 80.3 Å². The first kappa shape index (κ1) is 14.0. The van der Waals surface area contributed by atoms with Gasteiger partial charge in [0, 0.05) is 18.9 Å². The van der Waals surface area contributed by atoms with Crippen molar-refractivity contribution in [2.24, 2.45) is 0 Å². The maximum atomic E-state index is 11.6. The molecule has 0 aliphatic carbocycles. The van der Waals surface area contributed by atoms with Crippen molar-refractivity contribution in [2.75, 3.05) is 13.7 Å². The maximum absolute atomic E-state index is 11.6. The number of aromatic nitrogens is 1. The predicted octanol–water partition coefficient (Wildman–Crippen LogP) is 0.485. The number of alkyl carbamates (subject to hydrolysis) is 1. The van der Waals surface area contributed by atoms with E-state index in [2.05, 4.69) is 20.4 Å². The molecule has 18 heavy (non-hydrogen) atoms. The van der Waals surface area contributed by atoms with E-state index in [1.807, 2.05) is 12.1 Å². The Morgan fingerprint density at radius 1 is 1.39 bits per heavy atom. The number of ether oxygens (including phenoxy) is 1. The number of nitrogens with one attached hydrogen (secondary N) is 2. The lowest BCUT2D eigenvalue weighted by Crippen LogP contribution is -2.45. The first-order chi connectivity index (χ1) is 8.63. The Balaban J connectivity index is 2.26. The largest absolute Gasteiger partial charge is 0.453 e. The van der Waals surface area contributed by atoms with Crippen LogP contribution in [0.1, 0.15) is 12.5 Å². The summed E-state index contributed by atoms with van der Waals surface area (Å²) in [6, 6.07) is 3.17. The fraction of sp³-hybridized carbons (Fsp3) is 0.417. The molecule has 0 aliphatic rings. The minimum absolute atomic E-state index is 0.241. The van der Waals surface area contributed by atoms with Crippen molar-refractivity contribution in [3.63, 3.8) is 0 Å². The molecule has 1 rings (SSSR count). The molecule has 1 atom stereocenters. The Labute approximate surface area is 106 Å². The average Bonchev–Trinajstić information content (AvgIpc) is 2.39. The van der Waals surface area contributed by atoms with Gasteiger partial charge >= 0.3 is 6.09 Å². The Hall–Kier alpha value is -2.11. The molecule has 0 aliphatic heterocycles. The first-order valence-corrected chi connectivity index (χ1v) is 5.64. The number of nitrogens with zero attached hydrogens (tertiary/aromatic N) is 1. The second kappa shape index (κ2) is 7.26. The molecule has 0 saturated heterocycles. The zero-order chi connectivity index (χ0) is 13.4. The minimum Gasteiger partial charge on any atom is -0.453 e. The highest BCUT2D eigenvalue weighted by Gasteiger charge is 2.14. The van der Waals surface area contributed by atoms with E-state index in [-0.39, 0.29) is 5.91 Å². The number of hydrogen-bond acceptors (Lipinski definition) is 4. The van der Waals surface area contributed by atoms with Crippen LogP contribution in [0.5, 0.6) is 0 Å². The van der Waals surface area contributed by atoms with Crippen molar-refractivity contribution in [2.45, 2.75) is 19.4 Å². The molecule has 2 N–H and O–H groups in total. The molecule has 0 radical (unpaired) electrons. The zero-order valence-electron chi connectivity index (χ0n) is 10.5. The summed E-state index contributed by atoms with van der Waals surface area (Å²) in [5.74, 6) is -0.241. The second-order valence-corrected chi connectivity index (χ2v) is 3.75. The van der Waals surface area contributed by atoms with Crippen LogP contribution in [0.2, 0.25) is 0 Å². The third-order valence-corrected chi connectivity index (χ3v) is 2.38. The quantitative estimate of drug-likeness (QED) is 0.798. The molecule has 0 saturated carbocycles. The van der Waals surface area contributed by atoms with E-state index in [4.69, 9.17) is 0 Å². The molecule has 6 nitrogen and oxygen atoms in total. The molecule has 0 fully saturated rings. The van der Waals surface area contributed by atoms with Gasteiger partial charge in [-0.1, -0.05) is 0 Å². The summed E-state index contributed by atoms with van der Waals surface area (Å²) in [6.07, 6.45) is 3.52. The van der Waals surface area contributed by atoms with Crippen LogP contribution in [0.15, 0.2) is 24.5 Å². The van der Waals surface area contributed by atoms with Crippen molar-refractivity contribution in [1.29, 1.82) is 0 Å². The highest BCUT2D eigenvalue weighted by Crippen LogP contribution is 1.96. The Kier molecular flexibility index (Phi) is 5.63. The average molecular weight is 251 g/mol. The third kappa shape index (κ3) is 4.82. The van der Waals surface area contributed by atoms with Gasteiger partial charge in [0.2, 0.25) is 5.91 Å². The Morgan fingerprint density at radius 2 is 2.06 bits per heavy atom. The fourth-order valence-corrected chi connectivity index (χ4v) is 1.33. The molecule has 0 spiro atoms. The highest BCUT2D eigenvalue weighted by atomic mass is 16.5. The van der Waals surface area contributed by atoms with Crippen LogP contribution in [0, 0.1) is 0 Å². The van der Waals surface area contributed by atoms with Crippen molar-refractivity contribution in [3.05, 3.63) is 30.1 Å². The van der Waals surface area contributed by atoms with Gasteiger partial charge < -0.3 is 15.4 Å². The molecular weight excluding hydrogens is 234 g/mol. The minimum atomic E-state index is -0.619. The molecule has 6 heteroatoms. The summed E-state index contributed by atoms with van der Waals surface area (Å²) in [6.45, 7) is 2.11. The lowest BCUT2D eigenvalue weighted by molar-refractivity contribution is -0.122. The van der Waals surface area contributed by atoms with Crippen LogP contribution in [-0.4, -0.2) is 36.7 Å². The third-order valence-electron chi connectivity index (χ3n) is 2.38. The number of hydrogen-bond donors (Lipinski definition) is 2. The van der Waals surface area contributed by atoms with E-state index in [1.165, 1.54) is 7.11 Å². The molecule has 1 heterocycles. The summed E-state index contributed by atoms with van der Waals surface area (Å²) in [5, 5.41) is 5.13. The smallest absolute Gasteiger partial charge is 0.407 e. The number of carbonyl (C=O) groups excluding carboxylic acids is 2. The van der Waals surface area contributed by atoms with Crippen LogP contribution in [-0.2, 0) is 16.0 Å². The van der Waals surface area contributed by atoms with Crippen LogP contribution in [0.25, 0.3) is 0 Å². The maximum Gasteiger partial charge on any atom is 0.407 e. The van der Waals surface area contributed by atoms with Crippen molar-refractivity contribution >= 4 is 12.0 Å². The highest BCUT2D eigenvalue weighted by molar-refractivity contribution is 5.85. The SMILES string of the molecule is COC(=O)NC(C)C(=O)NCCc1ccncc1. The van der Waals surface area contributed by atoms with Gasteiger partial charge in [-0.15, -0.1) is 0 Å². The van der Waals surface area contributed by atoms with Crippen LogP contribution in [0.3, 0.4) is 0 Å². The van der Waals surface area contributed by atoms with Gasteiger partial charge in [0.15, 0.2) is 0 Å². The van der Waals surface area contributed by atoms with Gasteiger partial charge in [-0.3, -0.25) is 9.78 Å². The molecule has 98 valence electrons. The predicted molar refractivity (Wildman–Crippen MR) is 66.0 cm³/mol. The second-order valence-electron chi connectivity index (χ2n) is 3.75.